The monoisotopic (exact) mass is 281 g/mol. The minimum absolute atomic E-state index is 0.106. The standard InChI is InChI=1S/C14H19NO3S/c1-2-3-4-8-11-15(12-13-16)19(17,18)14-9-6-5-7-10-14/h2,5-7,9-10,13H,1,3-4,8,11-12H2. The number of sulfonamides is 1. The molecule has 1 aromatic carbocycles. The Bertz CT molecular complexity index is 497. The van der Waals surface area contributed by atoms with Crippen LogP contribution in [0.3, 0.4) is 0 Å². The van der Waals surface area contributed by atoms with Gasteiger partial charge in [-0.2, -0.15) is 4.31 Å². The summed E-state index contributed by atoms with van der Waals surface area (Å²) in [6.07, 6.45) is 4.85. The lowest BCUT2D eigenvalue weighted by Gasteiger charge is -2.19. The molecular weight excluding hydrogens is 262 g/mol. The Balaban J connectivity index is 2.79. The average Bonchev–Trinajstić information content (AvgIpc) is 2.43. The molecule has 0 N–H and O–H groups in total. The molecule has 0 unspecified atom stereocenters. The molecule has 0 aromatic heterocycles. The fourth-order valence-electron chi connectivity index (χ4n) is 1.71. The Morgan fingerprint density at radius 2 is 1.84 bits per heavy atom. The van der Waals surface area contributed by atoms with Crippen molar-refractivity contribution in [3.8, 4) is 0 Å². The van der Waals surface area contributed by atoms with Crippen molar-refractivity contribution in [2.75, 3.05) is 13.1 Å². The number of hydrogen-bond donors (Lipinski definition) is 0. The third-order valence-corrected chi connectivity index (χ3v) is 4.60. The highest BCUT2D eigenvalue weighted by molar-refractivity contribution is 7.89. The molecule has 0 saturated carbocycles. The number of aldehydes is 1. The first kappa shape index (κ1) is 15.6. The fraction of sp³-hybridized carbons (Fsp3) is 0.357. The summed E-state index contributed by atoms with van der Waals surface area (Å²) < 4.78 is 25.9. The van der Waals surface area contributed by atoms with Crippen molar-refractivity contribution >= 4 is 16.3 Å². The summed E-state index contributed by atoms with van der Waals surface area (Å²) in [5, 5.41) is 0. The highest BCUT2D eigenvalue weighted by Gasteiger charge is 2.23. The molecule has 4 nitrogen and oxygen atoms in total. The quantitative estimate of drug-likeness (QED) is 0.396. The summed E-state index contributed by atoms with van der Waals surface area (Å²) in [6.45, 7) is 3.87. The molecule has 0 radical (unpaired) electrons. The van der Waals surface area contributed by atoms with E-state index in [2.05, 4.69) is 6.58 Å². The number of allylic oxidation sites excluding steroid dienone is 1. The molecule has 1 aromatic rings. The van der Waals surface area contributed by atoms with E-state index in [-0.39, 0.29) is 11.4 Å². The number of rotatable bonds is 9. The van der Waals surface area contributed by atoms with Gasteiger partial charge in [0, 0.05) is 6.54 Å². The third-order valence-electron chi connectivity index (χ3n) is 2.72. The maximum atomic E-state index is 12.3. The molecule has 0 aliphatic rings. The van der Waals surface area contributed by atoms with Crippen LogP contribution >= 0.6 is 0 Å². The first-order valence-corrected chi connectivity index (χ1v) is 7.66. The zero-order valence-electron chi connectivity index (χ0n) is 10.9. The van der Waals surface area contributed by atoms with Gasteiger partial charge in [0.2, 0.25) is 10.0 Å². The lowest BCUT2D eigenvalue weighted by atomic mass is 10.2. The lowest BCUT2D eigenvalue weighted by molar-refractivity contribution is -0.108. The largest absolute Gasteiger partial charge is 0.302 e. The predicted octanol–water partition coefficient (Wildman–Crippen LogP) is 2.23. The molecule has 0 aliphatic carbocycles. The van der Waals surface area contributed by atoms with Crippen LogP contribution in [0, 0.1) is 0 Å². The number of hydrogen-bond acceptors (Lipinski definition) is 3. The summed E-state index contributed by atoms with van der Waals surface area (Å²) >= 11 is 0. The molecule has 0 heterocycles. The molecule has 0 aliphatic heterocycles. The molecule has 0 fully saturated rings. The molecule has 0 saturated heterocycles. The lowest BCUT2D eigenvalue weighted by Crippen LogP contribution is -2.33. The minimum atomic E-state index is -3.57. The van der Waals surface area contributed by atoms with Crippen molar-refractivity contribution in [3.05, 3.63) is 43.0 Å². The molecule has 0 atom stereocenters. The van der Waals surface area contributed by atoms with Crippen molar-refractivity contribution in [1.82, 2.24) is 4.31 Å². The average molecular weight is 281 g/mol. The number of carbonyl (C=O) groups is 1. The van der Waals surface area contributed by atoms with E-state index in [9.17, 15) is 13.2 Å². The van der Waals surface area contributed by atoms with E-state index in [1.807, 2.05) is 0 Å². The van der Waals surface area contributed by atoms with Gasteiger partial charge < -0.3 is 4.79 Å². The topological polar surface area (TPSA) is 54.5 Å². The Morgan fingerprint density at radius 1 is 1.16 bits per heavy atom. The SMILES string of the molecule is C=CCCCCN(CC=O)S(=O)(=O)c1ccccc1. The molecule has 0 amide bonds. The van der Waals surface area contributed by atoms with Crippen molar-refractivity contribution in [2.24, 2.45) is 0 Å². The molecule has 19 heavy (non-hydrogen) atoms. The van der Waals surface area contributed by atoms with Gasteiger partial charge in [0.25, 0.3) is 0 Å². The zero-order chi connectivity index (χ0) is 14.1. The van der Waals surface area contributed by atoms with Crippen LogP contribution in [0.1, 0.15) is 19.3 Å². The van der Waals surface area contributed by atoms with Gasteiger partial charge >= 0.3 is 0 Å². The summed E-state index contributed by atoms with van der Waals surface area (Å²) in [7, 11) is -3.57. The van der Waals surface area contributed by atoms with Crippen LogP contribution in [-0.4, -0.2) is 32.1 Å². The Kier molecular flexibility index (Phi) is 6.45. The van der Waals surface area contributed by atoms with Gasteiger partial charge in [-0.15, -0.1) is 6.58 Å². The predicted molar refractivity (Wildman–Crippen MR) is 75.3 cm³/mol. The summed E-state index contributed by atoms with van der Waals surface area (Å²) in [4.78, 5) is 10.9. The van der Waals surface area contributed by atoms with Crippen LogP contribution < -0.4 is 0 Å². The highest BCUT2D eigenvalue weighted by Crippen LogP contribution is 2.15. The van der Waals surface area contributed by atoms with Gasteiger partial charge in [0.05, 0.1) is 11.4 Å². The third kappa shape index (κ3) is 4.61. The van der Waals surface area contributed by atoms with Crippen molar-refractivity contribution in [2.45, 2.75) is 24.2 Å². The fourth-order valence-corrected chi connectivity index (χ4v) is 3.14. The van der Waals surface area contributed by atoms with Crippen LogP contribution in [0.4, 0.5) is 0 Å². The number of carbonyl (C=O) groups excluding carboxylic acids is 1. The Hall–Kier alpha value is -1.46. The van der Waals surface area contributed by atoms with Gasteiger partial charge in [-0.3, -0.25) is 0 Å². The van der Waals surface area contributed by atoms with Crippen molar-refractivity contribution < 1.29 is 13.2 Å². The summed E-state index contributed by atoms with van der Waals surface area (Å²) in [5.41, 5.74) is 0. The number of benzene rings is 1. The van der Waals surface area contributed by atoms with E-state index in [0.717, 1.165) is 12.8 Å². The maximum Gasteiger partial charge on any atom is 0.243 e. The van der Waals surface area contributed by atoms with Crippen molar-refractivity contribution in [1.29, 1.82) is 0 Å². The second-order valence-electron chi connectivity index (χ2n) is 4.13. The van der Waals surface area contributed by atoms with Crippen molar-refractivity contribution in [3.63, 3.8) is 0 Å². The Morgan fingerprint density at radius 3 is 2.42 bits per heavy atom. The minimum Gasteiger partial charge on any atom is -0.302 e. The number of nitrogens with zero attached hydrogens (tertiary/aromatic N) is 1. The normalized spacial score (nSPS) is 11.4. The van der Waals surface area contributed by atoms with E-state index in [4.69, 9.17) is 0 Å². The zero-order valence-corrected chi connectivity index (χ0v) is 11.7. The molecule has 1 rings (SSSR count). The Labute approximate surface area is 114 Å². The summed E-state index contributed by atoms with van der Waals surface area (Å²) in [5.74, 6) is 0. The van der Waals surface area contributed by atoms with E-state index >= 15 is 0 Å². The highest BCUT2D eigenvalue weighted by atomic mass is 32.2. The summed E-state index contributed by atoms with van der Waals surface area (Å²) in [6, 6.07) is 8.17. The van der Waals surface area contributed by atoms with Gasteiger partial charge in [0.15, 0.2) is 0 Å². The van der Waals surface area contributed by atoms with Gasteiger partial charge in [-0.05, 0) is 31.4 Å². The van der Waals surface area contributed by atoms with Crippen LogP contribution in [0.15, 0.2) is 47.9 Å². The van der Waals surface area contributed by atoms with E-state index in [0.29, 0.717) is 19.3 Å². The van der Waals surface area contributed by atoms with E-state index in [1.54, 1.807) is 24.3 Å². The van der Waals surface area contributed by atoms with Crippen LogP contribution in [-0.2, 0) is 14.8 Å². The van der Waals surface area contributed by atoms with E-state index in [1.165, 1.54) is 16.4 Å². The van der Waals surface area contributed by atoms with E-state index < -0.39 is 10.0 Å². The van der Waals surface area contributed by atoms with Crippen LogP contribution in [0.5, 0.6) is 0 Å². The second-order valence-corrected chi connectivity index (χ2v) is 6.07. The van der Waals surface area contributed by atoms with Gasteiger partial charge in [-0.1, -0.05) is 24.3 Å². The van der Waals surface area contributed by atoms with Crippen LogP contribution in [0.2, 0.25) is 0 Å². The van der Waals surface area contributed by atoms with Gasteiger partial charge in [-0.25, -0.2) is 8.42 Å². The maximum absolute atomic E-state index is 12.3. The molecule has 0 spiro atoms. The van der Waals surface area contributed by atoms with Gasteiger partial charge in [0.1, 0.15) is 6.29 Å². The first-order chi connectivity index (χ1) is 9.12. The smallest absolute Gasteiger partial charge is 0.243 e. The molecular formula is C14H19NO3S. The molecule has 0 bridgehead atoms. The molecule has 5 heteroatoms. The first-order valence-electron chi connectivity index (χ1n) is 6.22. The molecule has 104 valence electrons. The van der Waals surface area contributed by atoms with Crippen LogP contribution in [0.25, 0.3) is 0 Å². The second kappa shape index (κ2) is 7.86. The number of unbranched alkanes of at least 4 members (excludes halogenated alkanes) is 2.